The van der Waals surface area contributed by atoms with Crippen LogP contribution in [0.25, 0.3) is 10.9 Å². The number of benzene rings is 2. The van der Waals surface area contributed by atoms with Crippen LogP contribution in [0.15, 0.2) is 48.5 Å². The first-order chi connectivity index (χ1) is 13.0. The van der Waals surface area contributed by atoms with Crippen LogP contribution in [0.4, 0.5) is 14.5 Å². The van der Waals surface area contributed by atoms with Gasteiger partial charge in [-0.25, -0.2) is 13.8 Å². The van der Waals surface area contributed by atoms with Gasteiger partial charge in [0.25, 0.3) is 5.91 Å². The van der Waals surface area contributed by atoms with Crippen molar-refractivity contribution in [1.82, 2.24) is 9.88 Å². The minimum atomic E-state index is -0.408. The third-order valence-electron chi connectivity index (χ3n) is 4.72. The van der Waals surface area contributed by atoms with Crippen LogP contribution < -0.4 is 4.90 Å². The molecule has 0 saturated carbocycles. The minimum Gasteiger partial charge on any atom is -0.366 e. The molecule has 1 fully saturated rings. The molecule has 1 aromatic heterocycles. The van der Waals surface area contributed by atoms with Crippen molar-refractivity contribution < 1.29 is 13.6 Å². The van der Waals surface area contributed by atoms with E-state index in [1.54, 1.807) is 35.2 Å². The zero-order valence-corrected chi connectivity index (χ0v) is 15.1. The Balaban J connectivity index is 1.53. The Labute approximate surface area is 160 Å². The summed E-state index contributed by atoms with van der Waals surface area (Å²) in [6.45, 7) is 1.95. The third-order valence-corrected chi connectivity index (χ3v) is 5.01. The number of nitrogens with zero attached hydrogens (tertiary/aromatic N) is 3. The Morgan fingerprint density at radius 3 is 2.48 bits per heavy atom. The summed E-state index contributed by atoms with van der Waals surface area (Å²) in [5.41, 5.74) is 1.23. The topological polar surface area (TPSA) is 36.4 Å². The van der Waals surface area contributed by atoms with E-state index in [2.05, 4.69) is 4.98 Å². The molecule has 27 heavy (non-hydrogen) atoms. The number of anilines is 1. The zero-order chi connectivity index (χ0) is 19.0. The lowest BCUT2D eigenvalue weighted by atomic mass is 10.1. The van der Waals surface area contributed by atoms with Gasteiger partial charge in [-0.15, -0.1) is 0 Å². The number of piperazine rings is 1. The van der Waals surface area contributed by atoms with Crippen molar-refractivity contribution in [3.8, 4) is 0 Å². The van der Waals surface area contributed by atoms with E-state index >= 15 is 0 Å². The summed E-state index contributed by atoms with van der Waals surface area (Å²) in [6, 6.07) is 12.4. The van der Waals surface area contributed by atoms with E-state index in [1.165, 1.54) is 18.2 Å². The molecule has 3 aromatic rings. The molecule has 1 aliphatic rings. The Bertz CT molecular complexity index is 1020. The number of hydrogen-bond donors (Lipinski definition) is 0. The number of pyridine rings is 1. The van der Waals surface area contributed by atoms with Crippen molar-refractivity contribution in [2.75, 3.05) is 31.1 Å². The second-order valence-electron chi connectivity index (χ2n) is 6.39. The lowest BCUT2D eigenvalue weighted by Crippen LogP contribution is -2.49. The van der Waals surface area contributed by atoms with E-state index in [0.717, 1.165) is 0 Å². The van der Waals surface area contributed by atoms with Crippen molar-refractivity contribution in [1.29, 1.82) is 0 Å². The molecular weight excluding hydrogens is 372 g/mol. The van der Waals surface area contributed by atoms with Crippen molar-refractivity contribution in [2.45, 2.75) is 0 Å². The molecule has 0 atom stereocenters. The van der Waals surface area contributed by atoms with Crippen LogP contribution >= 0.6 is 11.6 Å². The summed E-state index contributed by atoms with van der Waals surface area (Å²) >= 11 is 6.17. The number of fused-ring (bicyclic) bond motifs is 1. The first-order valence-electron chi connectivity index (χ1n) is 8.57. The highest BCUT2D eigenvalue weighted by Crippen LogP contribution is 2.24. The van der Waals surface area contributed by atoms with Crippen LogP contribution in [0.3, 0.4) is 0 Å². The quantitative estimate of drug-likeness (QED) is 0.620. The van der Waals surface area contributed by atoms with Crippen LogP contribution in [0, 0.1) is 11.6 Å². The predicted molar refractivity (Wildman–Crippen MR) is 101 cm³/mol. The Kier molecular flexibility index (Phi) is 4.66. The van der Waals surface area contributed by atoms with E-state index in [9.17, 15) is 13.6 Å². The molecule has 7 heteroatoms. The van der Waals surface area contributed by atoms with Gasteiger partial charge in [0.2, 0.25) is 0 Å². The first kappa shape index (κ1) is 17.7. The maximum Gasteiger partial charge on any atom is 0.257 e. The van der Waals surface area contributed by atoms with Gasteiger partial charge in [-0.2, -0.15) is 0 Å². The van der Waals surface area contributed by atoms with Crippen molar-refractivity contribution in [3.05, 3.63) is 70.9 Å². The molecule has 0 bridgehead atoms. The fourth-order valence-electron chi connectivity index (χ4n) is 3.30. The minimum absolute atomic E-state index is 0.0506. The number of carbonyl (C=O) groups is 1. The molecule has 0 unspecified atom stereocenters. The van der Waals surface area contributed by atoms with E-state index in [1.807, 2.05) is 4.90 Å². The van der Waals surface area contributed by atoms with Crippen LogP contribution in [-0.4, -0.2) is 42.0 Å². The normalized spacial score (nSPS) is 14.6. The zero-order valence-electron chi connectivity index (χ0n) is 14.3. The van der Waals surface area contributed by atoms with E-state index in [-0.39, 0.29) is 22.4 Å². The average Bonchev–Trinajstić information content (AvgIpc) is 2.67. The smallest absolute Gasteiger partial charge is 0.257 e. The maximum atomic E-state index is 13.9. The Morgan fingerprint density at radius 2 is 1.74 bits per heavy atom. The highest BCUT2D eigenvalue weighted by atomic mass is 35.5. The van der Waals surface area contributed by atoms with Gasteiger partial charge in [-0.1, -0.05) is 23.7 Å². The lowest BCUT2D eigenvalue weighted by molar-refractivity contribution is 0.0746. The molecule has 0 spiro atoms. The van der Waals surface area contributed by atoms with E-state index in [0.29, 0.717) is 42.8 Å². The molecule has 1 saturated heterocycles. The van der Waals surface area contributed by atoms with E-state index < -0.39 is 5.82 Å². The molecule has 138 valence electrons. The van der Waals surface area contributed by atoms with E-state index in [4.69, 9.17) is 11.6 Å². The molecule has 0 N–H and O–H groups in total. The number of hydrogen-bond acceptors (Lipinski definition) is 3. The maximum absolute atomic E-state index is 13.9. The monoisotopic (exact) mass is 387 g/mol. The molecule has 4 rings (SSSR count). The third kappa shape index (κ3) is 3.45. The largest absolute Gasteiger partial charge is 0.366 e. The summed E-state index contributed by atoms with van der Waals surface area (Å²) in [7, 11) is 0. The Hall–Kier alpha value is -2.73. The molecular formula is C20H16ClF2N3O. The predicted octanol–water partition coefficient (Wildman–Crippen LogP) is 4.13. The van der Waals surface area contributed by atoms with Crippen LogP contribution in [-0.2, 0) is 0 Å². The molecule has 4 nitrogen and oxygen atoms in total. The molecule has 2 aromatic carbocycles. The van der Waals surface area contributed by atoms with Gasteiger partial charge in [0.15, 0.2) is 0 Å². The summed E-state index contributed by atoms with van der Waals surface area (Å²) in [4.78, 5) is 20.6. The van der Waals surface area contributed by atoms with Gasteiger partial charge in [0.1, 0.15) is 16.8 Å². The van der Waals surface area contributed by atoms with Gasteiger partial charge in [0.05, 0.1) is 16.8 Å². The van der Waals surface area contributed by atoms with Crippen molar-refractivity contribution in [3.63, 3.8) is 0 Å². The van der Waals surface area contributed by atoms with Gasteiger partial charge in [0, 0.05) is 37.6 Å². The molecule has 0 radical (unpaired) electrons. The molecule has 1 amide bonds. The number of rotatable bonds is 2. The number of amides is 1. The highest BCUT2D eigenvalue weighted by Gasteiger charge is 2.25. The fraction of sp³-hybridized carbons (Fsp3) is 0.200. The van der Waals surface area contributed by atoms with Crippen LogP contribution in [0.2, 0.25) is 5.15 Å². The highest BCUT2D eigenvalue weighted by molar-refractivity contribution is 6.33. The number of para-hydroxylation sites is 1. The molecule has 0 aliphatic carbocycles. The SMILES string of the molecule is O=C(c1cc2ccc(F)cc2nc1Cl)N1CCN(c2ccccc2F)CC1. The van der Waals surface area contributed by atoms with Gasteiger partial charge in [-0.05, 0) is 30.3 Å². The molecule has 1 aliphatic heterocycles. The van der Waals surface area contributed by atoms with Crippen molar-refractivity contribution in [2.24, 2.45) is 0 Å². The second-order valence-corrected chi connectivity index (χ2v) is 6.75. The van der Waals surface area contributed by atoms with Gasteiger partial charge in [-0.3, -0.25) is 4.79 Å². The second kappa shape index (κ2) is 7.12. The summed E-state index contributed by atoms with van der Waals surface area (Å²) in [6.07, 6.45) is 0. The molecule has 2 heterocycles. The number of carbonyl (C=O) groups excluding carboxylic acids is 1. The fourth-order valence-corrected chi connectivity index (χ4v) is 3.52. The van der Waals surface area contributed by atoms with Gasteiger partial charge >= 0.3 is 0 Å². The van der Waals surface area contributed by atoms with Crippen LogP contribution in [0.5, 0.6) is 0 Å². The standard InChI is InChI=1S/C20H16ClF2N3O/c21-19-15(11-13-5-6-14(22)12-17(13)24-19)20(27)26-9-7-25(8-10-26)18-4-2-1-3-16(18)23/h1-6,11-12H,7-10H2. The summed E-state index contributed by atoms with van der Waals surface area (Å²) in [5.74, 6) is -0.910. The average molecular weight is 388 g/mol. The van der Waals surface area contributed by atoms with Gasteiger partial charge < -0.3 is 9.80 Å². The Morgan fingerprint density at radius 1 is 1.00 bits per heavy atom. The summed E-state index contributed by atoms with van der Waals surface area (Å²) < 4.78 is 27.3. The van der Waals surface area contributed by atoms with Crippen molar-refractivity contribution >= 4 is 34.1 Å². The first-order valence-corrected chi connectivity index (χ1v) is 8.95. The number of aromatic nitrogens is 1. The number of halogens is 3. The lowest BCUT2D eigenvalue weighted by Gasteiger charge is -2.36. The summed E-state index contributed by atoms with van der Waals surface area (Å²) in [5, 5.41) is 0.698. The van der Waals surface area contributed by atoms with Crippen LogP contribution in [0.1, 0.15) is 10.4 Å².